The molecule has 4 fully saturated rings. The molecule has 81 heavy (non-hydrogen) atoms. The molecular weight excluding hydrogens is 1050 g/mol. The first kappa shape index (κ1) is 63.2. The van der Waals surface area contributed by atoms with Crippen LogP contribution in [0.15, 0.2) is 48.5 Å². The van der Waals surface area contributed by atoms with Crippen LogP contribution in [-0.2, 0) is 62.7 Å². The van der Waals surface area contributed by atoms with Crippen LogP contribution in [0.5, 0.6) is 11.5 Å². The number of hydrogen-bond acceptors (Lipinski definition) is 18. The molecule has 2 aromatic carbocycles. The van der Waals surface area contributed by atoms with E-state index in [0.29, 0.717) is 24.6 Å². The van der Waals surface area contributed by atoms with Crippen LogP contribution in [0.4, 0.5) is 9.59 Å². The monoisotopic (exact) mass is 1130 g/mol. The van der Waals surface area contributed by atoms with Gasteiger partial charge in [0, 0.05) is 82.2 Å². The van der Waals surface area contributed by atoms with Crippen molar-refractivity contribution in [3.05, 3.63) is 59.7 Å². The molecule has 2 unspecified atom stereocenters. The summed E-state index contributed by atoms with van der Waals surface area (Å²) >= 11 is 0. The fourth-order valence-corrected chi connectivity index (χ4v) is 13.7. The summed E-state index contributed by atoms with van der Waals surface area (Å²) in [6.07, 6.45) is -1.76. The van der Waals surface area contributed by atoms with Crippen LogP contribution in [0, 0.1) is 0 Å². The first-order chi connectivity index (χ1) is 37.4. The van der Waals surface area contributed by atoms with Crippen LogP contribution in [-0.4, -0.2) is 187 Å². The maximum atomic E-state index is 14.6. The molecule has 0 radical (unpaired) electrons. The van der Waals surface area contributed by atoms with Gasteiger partial charge in [0.1, 0.15) is 49.0 Å². The van der Waals surface area contributed by atoms with Gasteiger partial charge < -0.3 is 28.4 Å². The zero-order chi connectivity index (χ0) is 60.6. The Bertz CT molecular complexity index is 2570. The van der Waals surface area contributed by atoms with E-state index in [0.717, 1.165) is 30.7 Å². The molecule has 2 aromatic rings. The molecule has 0 aromatic heterocycles. The van der Waals surface area contributed by atoms with E-state index in [1.807, 2.05) is 93.5 Å². The Balaban J connectivity index is 1.10. The summed E-state index contributed by atoms with van der Waals surface area (Å²) in [4.78, 5) is 140. The molecule has 0 N–H and O–H groups in total. The van der Waals surface area contributed by atoms with Crippen LogP contribution in [0.2, 0.25) is 0 Å². The third-order valence-electron chi connectivity index (χ3n) is 16.1. The number of nitrogens with zero attached hydrogens (tertiary/aromatic N) is 6. The molecule has 4 aliphatic heterocycles. The van der Waals surface area contributed by atoms with Crippen molar-refractivity contribution >= 4 is 59.6 Å². The number of esters is 4. The van der Waals surface area contributed by atoms with Gasteiger partial charge in [0.25, 0.3) is 11.8 Å². The molecule has 6 rings (SSSR count). The van der Waals surface area contributed by atoms with E-state index in [4.69, 9.17) is 28.4 Å². The van der Waals surface area contributed by atoms with Gasteiger partial charge in [-0.25, -0.2) is 19.4 Å². The number of ether oxygens (including phenoxy) is 6. The molecule has 2 atom stereocenters. The minimum atomic E-state index is -1.53. The molecule has 444 valence electrons. The Kier molecular flexibility index (Phi) is 18.3. The Labute approximate surface area is 474 Å². The number of hydrogen-bond donors (Lipinski definition) is 0. The Hall–Kier alpha value is -6.94. The normalized spacial score (nSPS) is 20.7. The Morgan fingerprint density at radius 1 is 0.481 bits per heavy atom. The van der Waals surface area contributed by atoms with Gasteiger partial charge in [0.15, 0.2) is 12.2 Å². The summed E-state index contributed by atoms with van der Waals surface area (Å²) in [7, 11) is 0. The topological polar surface area (TPSA) is 246 Å². The van der Waals surface area contributed by atoms with E-state index >= 15 is 0 Å². The van der Waals surface area contributed by atoms with Gasteiger partial charge in [-0.2, -0.15) is 0 Å². The smallest absolute Gasteiger partial charge is 0.334 e. The lowest BCUT2D eigenvalue weighted by Gasteiger charge is -2.58. The fraction of sp³-hybridized carbons (Fsp3) is 0.627. The number of likely N-dealkylation sites (tertiary alicyclic amines) is 2. The van der Waals surface area contributed by atoms with Crippen molar-refractivity contribution < 1.29 is 76.4 Å². The molecule has 0 saturated carbocycles. The molecular formula is C59H82N6O16. The highest BCUT2D eigenvalue weighted by molar-refractivity contribution is 6.15. The van der Waals surface area contributed by atoms with Crippen LogP contribution in [0.25, 0.3) is 0 Å². The molecule has 2 spiro atoms. The zero-order valence-corrected chi connectivity index (χ0v) is 50.0. The summed E-state index contributed by atoms with van der Waals surface area (Å²) in [5, 5.41) is 0. The third kappa shape index (κ3) is 13.2. The van der Waals surface area contributed by atoms with Crippen molar-refractivity contribution in [3.8, 4) is 11.5 Å². The number of carbonyl (C=O) groups excluding carboxylic acids is 10. The van der Waals surface area contributed by atoms with Gasteiger partial charge in [-0.05, 0) is 116 Å². The van der Waals surface area contributed by atoms with Crippen LogP contribution in [0.3, 0.4) is 0 Å². The van der Waals surface area contributed by atoms with Crippen LogP contribution in [0.1, 0.15) is 148 Å². The van der Waals surface area contributed by atoms with Gasteiger partial charge in [0.2, 0.25) is 11.8 Å². The van der Waals surface area contributed by atoms with Crippen molar-refractivity contribution in [2.75, 3.05) is 52.6 Å². The van der Waals surface area contributed by atoms with Gasteiger partial charge in [-0.15, -0.1) is 0 Å². The number of imide groups is 4. The predicted octanol–water partition coefficient (Wildman–Crippen LogP) is 6.16. The first-order valence-electron chi connectivity index (χ1n) is 27.4. The number of benzene rings is 2. The molecule has 4 aliphatic rings. The lowest BCUT2D eigenvalue weighted by Crippen LogP contribution is -2.71. The van der Waals surface area contributed by atoms with E-state index < -0.39 is 110 Å². The van der Waals surface area contributed by atoms with Crippen molar-refractivity contribution in [2.45, 2.75) is 187 Å². The minimum Gasteiger partial charge on any atom is -0.490 e. The molecule has 0 bridgehead atoms. The Morgan fingerprint density at radius 3 is 1.04 bits per heavy atom. The minimum absolute atomic E-state index is 0.109. The molecule has 8 amide bonds. The second kappa shape index (κ2) is 23.5. The second-order valence-electron chi connectivity index (χ2n) is 24.9. The fourth-order valence-electron chi connectivity index (χ4n) is 13.7. The molecule has 22 nitrogen and oxygen atoms in total. The number of carbonyl (C=O) groups is 10. The highest BCUT2D eigenvalue weighted by Gasteiger charge is 2.68. The lowest BCUT2D eigenvalue weighted by atomic mass is 9.68. The van der Waals surface area contributed by atoms with Crippen molar-refractivity contribution in [1.82, 2.24) is 29.4 Å². The van der Waals surface area contributed by atoms with Crippen LogP contribution >= 0.6 is 0 Å². The Morgan fingerprint density at radius 2 is 0.778 bits per heavy atom. The van der Waals surface area contributed by atoms with Crippen molar-refractivity contribution in [2.24, 2.45) is 0 Å². The van der Waals surface area contributed by atoms with E-state index in [2.05, 4.69) is 9.80 Å². The van der Waals surface area contributed by atoms with Crippen LogP contribution < -0.4 is 9.47 Å². The SMILES string of the molecule is CC(=O)OCCN1C(C)(C)CC2(CC1(C)C)C(=O)N(CC(COc1ccc(C(C)(C)c3ccc(OCC(CN4C(=O)N(C(C)=O)C5(CC(C)(C)N(CCOC(C)=O)C(C)(C)C5)C4=O)OC(C)=O)cc3)cc1)OC(C)=O)C(=O)N2C(C)=O. The van der Waals surface area contributed by atoms with Gasteiger partial charge in [-0.1, -0.05) is 38.1 Å². The summed E-state index contributed by atoms with van der Waals surface area (Å²) in [5.41, 5.74) is -4.77. The summed E-state index contributed by atoms with van der Waals surface area (Å²) < 4.78 is 33.9. The zero-order valence-electron chi connectivity index (χ0n) is 50.0. The average Bonchev–Trinajstić information content (AvgIpc) is 3.84. The largest absolute Gasteiger partial charge is 0.490 e. The molecule has 0 aliphatic carbocycles. The molecule has 4 saturated heterocycles. The van der Waals surface area contributed by atoms with Gasteiger partial charge in [0.05, 0.1) is 13.1 Å². The highest BCUT2D eigenvalue weighted by Crippen LogP contribution is 2.51. The third-order valence-corrected chi connectivity index (χ3v) is 16.1. The van der Waals surface area contributed by atoms with Crippen molar-refractivity contribution in [3.63, 3.8) is 0 Å². The second-order valence-corrected chi connectivity index (χ2v) is 24.9. The van der Waals surface area contributed by atoms with Gasteiger partial charge in [-0.3, -0.25) is 58.0 Å². The van der Waals surface area contributed by atoms with E-state index in [1.165, 1.54) is 41.5 Å². The van der Waals surface area contributed by atoms with E-state index in [-0.39, 0.29) is 65.2 Å². The summed E-state index contributed by atoms with van der Waals surface area (Å²) in [5.74, 6) is -3.70. The number of amides is 8. The predicted molar refractivity (Wildman–Crippen MR) is 293 cm³/mol. The highest BCUT2D eigenvalue weighted by atomic mass is 16.6. The average molecular weight is 1130 g/mol. The standard InChI is InChI=1S/C59H82N6O16/c1-37(66)64-51(74)60(49(72)58(64)33-53(7,8)62(54(9,10)34-58)25-27-76-39(3)68)29-47(80-41(5)70)31-78-45-21-17-43(18-22-45)57(15,16)44-19-23-46(24-20-44)79-32-48(81-42(6)71)30-61-50(73)59(65(38(2)67)52(61)75)35-55(11,12)63(56(13,14)36-59)26-28-77-40(4)69/h17-24,47-48H,25-36H2,1-16H3. The summed E-state index contributed by atoms with van der Waals surface area (Å²) in [6, 6.07) is 12.9. The summed E-state index contributed by atoms with van der Waals surface area (Å²) in [6.45, 7) is 26.8. The number of piperidine rings is 2. The van der Waals surface area contributed by atoms with E-state index in [1.54, 1.807) is 24.3 Å². The lowest BCUT2D eigenvalue weighted by molar-refractivity contribution is -0.158. The number of urea groups is 2. The quantitative estimate of drug-likeness (QED) is 0.0818. The van der Waals surface area contributed by atoms with E-state index in [9.17, 15) is 47.9 Å². The first-order valence-corrected chi connectivity index (χ1v) is 27.4. The number of rotatable bonds is 20. The molecule has 22 heteroatoms. The van der Waals surface area contributed by atoms with Crippen molar-refractivity contribution in [1.29, 1.82) is 0 Å². The maximum Gasteiger partial charge on any atom is 0.334 e. The van der Waals surface area contributed by atoms with Gasteiger partial charge >= 0.3 is 35.9 Å². The maximum absolute atomic E-state index is 14.6. The molecule has 4 heterocycles.